The Hall–Kier alpha value is -3.00. The molecule has 0 saturated carbocycles. The lowest BCUT2D eigenvalue weighted by atomic mass is 9.96. The highest BCUT2D eigenvalue weighted by Gasteiger charge is 2.78. The van der Waals surface area contributed by atoms with Gasteiger partial charge in [-0.1, -0.05) is 36.4 Å². The van der Waals surface area contributed by atoms with E-state index in [-0.39, 0.29) is 27.8 Å². The molecule has 0 unspecified atom stereocenters. The number of aryl methyl sites for hydroxylation is 1. The number of hydrogen-bond acceptors (Lipinski definition) is 6. The Morgan fingerprint density at radius 1 is 1.11 bits per heavy atom. The van der Waals surface area contributed by atoms with Crippen LogP contribution in [0, 0.1) is 0 Å². The molecule has 3 heterocycles. The fourth-order valence-corrected chi connectivity index (χ4v) is 8.67. The number of epoxide rings is 1. The smallest absolute Gasteiger partial charge is 0.411 e. The molecular weight excluding hydrogens is 753 g/mol. The highest BCUT2D eigenvalue weighted by atomic mass is 127. The van der Waals surface area contributed by atoms with Crippen LogP contribution in [-0.4, -0.2) is 71.9 Å². The molecule has 11 heteroatoms. The van der Waals surface area contributed by atoms with E-state index in [1.165, 1.54) is 7.11 Å². The Morgan fingerprint density at radius 2 is 1.89 bits per heavy atom. The number of methoxy groups -OCH3 is 1. The van der Waals surface area contributed by atoms with Gasteiger partial charge in [-0.3, -0.25) is 14.9 Å². The molecular formula is C34H36BrIN3O6+. The third-order valence-corrected chi connectivity index (χ3v) is 12.4. The molecule has 3 aliphatic rings. The minimum atomic E-state index is -0.452. The fraction of sp³-hybridized carbons (Fsp3) is 0.382. The quantitative estimate of drug-likeness (QED) is 0.0575. The minimum absolute atomic E-state index is 0.0889. The molecule has 3 aromatic carbocycles. The molecule has 2 N–H and O–H groups in total. The number of morpholine rings is 1. The van der Waals surface area contributed by atoms with Gasteiger partial charge in [0.25, 0.3) is 0 Å². The fourth-order valence-electron chi connectivity index (χ4n) is 6.86. The Labute approximate surface area is 284 Å². The molecule has 45 heavy (non-hydrogen) atoms. The van der Waals surface area contributed by atoms with Gasteiger partial charge in [0, 0.05) is 28.9 Å². The Kier molecular flexibility index (Phi) is 8.99. The van der Waals surface area contributed by atoms with Crippen LogP contribution >= 0.6 is 38.5 Å². The number of quaternary nitrogens is 1. The van der Waals surface area contributed by atoms with Gasteiger partial charge in [-0.05, 0) is 80.7 Å². The Bertz CT molecular complexity index is 1640. The average Bonchev–Trinajstić information content (AvgIpc) is 3.81. The molecule has 3 saturated heterocycles. The number of benzene rings is 3. The summed E-state index contributed by atoms with van der Waals surface area (Å²) in [6, 6.07) is 19.4. The number of carbonyl (C=O) groups is 3. The second-order valence-corrected chi connectivity index (χ2v) is 15.1. The second-order valence-electron chi connectivity index (χ2n) is 12.4. The molecule has 3 aliphatic heterocycles. The normalized spacial score (nSPS) is 25.5. The van der Waals surface area contributed by atoms with Crippen LogP contribution < -0.4 is 15.4 Å². The number of alkyl halides is 1. The standard InChI is InChI=1S/C34H35BrIN3O6/c1-39(2)28-16-23(18-34(39,36)32-31(28)45-32)44-33(42)38-26-13-12-20(14-24(26)21-9-5-4-6-10-21)8-7-11-30(41)37-27-17-29(43-3)22(19-40)15-25(27)35/h4-6,9-10,12-15,17,19,23,28,31-32H,7-8,11,16,18H2,1-3H3,(H-,37,38,40,41,42)/p+1/t23-,28-,31-,32+,34-/m0/s1. The molecule has 0 aromatic heterocycles. The van der Waals surface area contributed by atoms with Crippen molar-refractivity contribution in [3.63, 3.8) is 0 Å². The molecule has 2 amide bonds. The number of amides is 2. The lowest BCUT2D eigenvalue weighted by Crippen LogP contribution is -2.65. The molecule has 0 spiro atoms. The van der Waals surface area contributed by atoms with E-state index in [0.717, 1.165) is 34.0 Å². The number of likely N-dealkylation sites (N-methyl/N-ethyl adjacent to an activating group) is 1. The van der Waals surface area contributed by atoms with Gasteiger partial charge in [-0.25, -0.2) is 4.79 Å². The van der Waals surface area contributed by atoms with Gasteiger partial charge >= 0.3 is 6.09 Å². The summed E-state index contributed by atoms with van der Waals surface area (Å²) in [4.78, 5) is 37.2. The van der Waals surface area contributed by atoms with Gasteiger partial charge in [-0.15, -0.1) is 0 Å². The van der Waals surface area contributed by atoms with Crippen LogP contribution in [0.25, 0.3) is 11.1 Å². The number of ether oxygens (including phenoxy) is 3. The van der Waals surface area contributed by atoms with E-state index in [4.69, 9.17) is 14.2 Å². The Balaban J connectivity index is 1.09. The van der Waals surface area contributed by atoms with Crippen molar-refractivity contribution in [3.05, 3.63) is 76.3 Å². The number of piperidine rings is 1. The summed E-state index contributed by atoms with van der Waals surface area (Å²) in [6.45, 7) is 0. The van der Waals surface area contributed by atoms with E-state index in [9.17, 15) is 14.4 Å². The minimum Gasteiger partial charge on any atom is -0.496 e. The lowest BCUT2D eigenvalue weighted by Gasteiger charge is -2.50. The number of carbonyl (C=O) groups excluding carboxylic acids is 3. The van der Waals surface area contributed by atoms with E-state index in [1.54, 1.807) is 12.1 Å². The summed E-state index contributed by atoms with van der Waals surface area (Å²) in [5.74, 6) is 0.250. The van der Waals surface area contributed by atoms with Gasteiger partial charge in [0.1, 0.15) is 24.0 Å². The van der Waals surface area contributed by atoms with Crippen molar-refractivity contribution in [3.8, 4) is 16.9 Å². The molecule has 6 rings (SSSR count). The first kappa shape index (κ1) is 32.0. The Morgan fingerprint density at radius 3 is 2.60 bits per heavy atom. The van der Waals surface area contributed by atoms with E-state index in [2.05, 4.69) is 69.3 Å². The molecule has 236 valence electrons. The molecule has 5 atom stereocenters. The van der Waals surface area contributed by atoms with Gasteiger partial charge in [0.2, 0.25) is 5.91 Å². The summed E-state index contributed by atoms with van der Waals surface area (Å²) in [6.07, 6.45) is 3.74. The summed E-state index contributed by atoms with van der Waals surface area (Å²) < 4.78 is 18.6. The molecule has 3 fully saturated rings. The van der Waals surface area contributed by atoms with E-state index < -0.39 is 6.09 Å². The maximum absolute atomic E-state index is 13.2. The number of nitrogens with zero attached hydrogens (tertiary/aromatic N) is 1. The zero-order valence-electron chi connectivity index (χ0n) is 25.3. The molecule has 3 aromatic rings. The van der Waals surface area contributed by atoms with E-state index in [1.807, 2.05) is 42.5 Å². The van der Waals surface area contributed by atoms with Crippen molar-refractivity contribution in [2.45, 2.75) is 60.0 Å². The van der Waals surface area contributed by atoms with Crippen molar-refractivity contribution in [1.82, 2.24) is 0 Å². The van der Waals surface area contributed by atoms with Crippen LogP contribution in [-0.2, 0) is 20.7 Å². The number of nitrogens with one attached hydrogen (secondary N) is 2. The number of fused-ring (bicyclic) bond motifs is 5. The number of hydrogen-bond donors (Lipinski definition) is 2. The zero-order chi connectivity index (χ0) is 31.9. The molecule has 0 aliphatic carbocycles. The van der Waals surface area contributed by atoms with Gasteiger partial charge in [0.15, 0.2) is 15.9 Å². The lowest BCUT2D eigenvalue weighted by molar-refractivity contribution is -0.943. The maximum atomic E-state index is 13.2. The highest BCUT2D eigenvalue weighted by molar-refractivity contribution is 14.1. The highest BCUT2D eigenvalue weighted by Crippen LogP contribution is 2.61. The van der Waals surface area contributed by atoms with Crippen LogP contribution in [0.4, 0.5) is 16.2 Å². The van der Waals surface area contributed by atoms with Crippen molar-refractivity contribution < 1.29 is 33.1 Å². The average molecular weight is 789 g/mol. The number of anilines is 2. The van der Waals surface area contributed by atoms with Crippen LogP contribution in [0.2, 0.25) is 0 Å². The van der Waals surface area contributed by atoms with Crippen molar-refractivity contribution in [2.75, 3.05) is 31.8 Å². The first-order valence-corrected chi connectivity index (χ1v) is 16.9. The van der Waals surface area contributed by atoms with Crippen molar-refractivity contribution >= 4 is 68.2 Å². The number of aldehydes is 1. The monoisotopic (exact) mass is 788 g/mol. The predicted octanol–water partition coefficient (Wildman–Crippen LogP) is 6.97. The van der Waals surface area contributed by atoms with Crippen LogP contribution in [0.1, 0.15) is 41.6 Å². The summed E-state index contributed by atoms with van der Waals surface area (Å²) in [7, 11) is 5.99. The maximum Gasteiger partial charge on any atom is 0.411 e. The van der Waals surface area contributed by atoms with Gasteiger partial charge in [-0.2, -0.15) is 0 Å². The van der Waals surface area contributed by atoms with Gasteiger partial charge in [0.05, 0.1) is 44.6 Å². The SMILES string of the molecule is COc1cc(NC(=O)CCCc2ccc(NC(=O)O[C@H]3C[C@H]4[C@@H]5O[C@H]5[C@](I)(C3)[N+]4(C)C)c(-c3ccccc3)c2)c(Br)cc1C=O. The molecule has 2 bridgehead atoms. The third kappa shape index (κ3) is 6.24. The van der Waals surface area contributed by atoms with Gasteiger partial charge < -0.3 is 24.0 Å². The van der Waals surface area contributed by atoms with E-state index in [0.29, 0.717) is 58.8 Å². The first-order chi connectivity index (χ1) is 21.5. The summed E-state index contributed by atoms with van der Waals surface area (Å²) in [5, 5.41) is 5.91. The topological polar surface area (TPSA) is 106 Å². The van der Waals surface area contributed by atoms with E-state index >= 15 is 0 Å². The molecule has 0 radical (unpaired) electrons. The number of halogens is 2. The van der Waals surface area contributed by atoms with Crippen molar-refractivity contribution in [1.29, 1.82) is 0 Å². The largest absolute Gasteiger partial charge is 0.496 e. The van der Waals surface area contributed by atoms with Crippen LogP contribution in [0.3, 0.4) is 0 Å². The number of rotatable bonds is 10. The van der Waals surface area contributed by atoms with Crippen molar-refractivity contribution in [2.24, 2.45) is 0 Å². The third-order valence-electron chi connectivity index (χ3n) is 9.42. The first-order valence-electron chi connectivity index (χ1n) is 15.0. The van der Waals surface area contributed by atoms with Crippen LogP contribution in [0.15, 0.2) is 65.1 Å². The second kappa shape index (κ2) is 12.7. The summed E-state index contributed by atoms with van der Waals surface area (Å²) in [5.41, 5.74) is 4.53. The zero-order valence-corrected chi connectivity index (χ0v) is 29.1. The van der Waals surface area contributed by atoms with Crippen LogP contribution in [0.5, 0.6) is 5.75 Å². The molecule has 9 nitrogen and oxygen atoms in total. The predicted molar refractivity (Wildman–Crippen MR) is 184 cm³/mol. The summed E-state index contributed by atoms with van der Waals surface area (Å²) >= 11 is 5.94.